The highest BCUT2D eigenvalue weighted by molar-refractivity contribution is 5.88. The maximum absolute atomic E-state index is 12.8. The van der Waals surface area contributed by atoms with E-state index < -0.39 is 5.41 Å². The van der Waals surface area contributed by atoms with Gasteiger partial charge in [0.25, 0.3) is 0 Å². The summed E-state index contributed by atoms with van der Waals surface area (Å²) in [7, 11) is 0. The molecule has 1 amide bonds. The number of hydrogen-bond donors (Lipinski definition) is 0. The summed E-state index contributed by atoms with van der Waals surface area (Å²) in [6.45, 7) is 8.42. The van der Waals surface area contributed by atoms with Crippen molar-refractivity contribution < 1.29 is 4.79 Å². The molecule has 0 heterocycles. The largest absolute Gasteiger partial charge is 0.315 e. The zero-order valence-corrected chi connectivity index (χ0v) is 11.6. The highest BCUT2D eigenvalue weighted by Crippen LogP contribution is 2.65. The van der Waals surface area contributed by atoms with E-state index in [4.69, 9.17) is 10.5 Å². The van der Waals surface area contributed by atoms with Crippen molar-refractivity contribution in [2.45, 2.75) is 33.1 Å². The number of hydrogen-bond acceptors (Lipinski definition) is 3. The third-order valence-electron chi connectivity index (χ3n) is 5.11. The first-order valence-corrected chi connectivity index (χ1v) is 6.63. The Labute approximate surface area is 114 Å². The lowest BCUT2D eigenvalue weighted by molar-refractivity contribution is -0.138. The Kier molecular flexibility index (Phi) is 3.14. The lowest BCUT2D eigenvalue weighted by Crippen LogP contribution is -2.44. The van der Waals surface area contributed by atoms with E-state index in [1.807, 2.05) is 12.1 Å². The number of carbonyl (C=O) groups excluding carboxylic acids is 1. The second kappa shape index (κ2) is 4.38. The molecule has 0 aliphatic heterocycles. The lowest BCUT2D eigenvalue weighted by atomic mass is 9.68. The summed E-state index contributed by atoms with van der Waals surface area (Å²) in [5, 5.41) is 17.6. The van der Waals surface area contributed by atoms with Crippen LogP contribution in [0.5, 0.6) is 0 Å². The molecule has 4 heteroatoms. The van der Waals surface area contributed by atoms with E-state index in [9.17, 15) is 4.79 Å². The minimum Gasteiger partial charge on any atom is -0.315 e. The van der Waals surface area contributed by atoms with Crippen LogP contribution in [0.3, 0.4) is 0 Å². The number of carbonyl (C=O) groups is 1. The van der Waals surface area contributed by atoms with Gasteiger partial charge in [0, 0.05) is 0 Å². The molecule has 2 saturated carbocycles. The zero-order valence-electron chi connectivity index (χ0n) is 11.6. The van der Waals surface area contributed by atoms with Crippen LogP contribution in [0.4, 0.5) is 0 Å². The molecular weight excluding hydrogens is 238 g/mol. The van der Waals surface area contributed by atoms with E-state index in [0.29, 0.717) is 5.92 Å². The van der Waals surface area contributed by atoms with Crippen LogP contribution in [0.25, 0.3) is 0 Å². The predicted molar refractivity (Wildman–Crippen MR) is 70.5 cm³/mol. The molecule has 0 N–H and O–H groups in total. The average Bonchev–Trinajstić information content (AvgIpc) is 2.89. The van der Waals surface area contributed by atoms with Gasteiger partial charge in [-0.3, -0.25) is 4.79 Å². The monoisotopic (exact) mass is 257 g/mol. The topological polar surface area (TPSA) is 67.9 Å². The van der Waals surface area contributed by atoms with Gasteiger partial charge in [-0.15, -0.1) is 0 Å². The van der Waals surface area contributed by atoms with Crippen LogP contribution in [0, 0.1) is 39.4 Å². The first-order chi connectivity index (χ1) is 8.90. The first kappa shape index (κ1) is 13.6. The fraction of sp³-hybridized carbons (Fsp3) is 0.667. The number of fused-ring (bicyclic) bond motifs is 2. The Balaban J connectivity index is 2.31. The Hall–Kier alpha value is -1.81. The number of nitriles is 2. The van der Waals surface area contributed by atoms with Gasteiger partial charge in [-0.2, -0.15) is 10.5 Å². The molecule has 2 aliphatic rings. The summed E-state index contributed by atoms with van der Waals surface area (Å²) in [6.07, 6.45) is 2.67. The molecule has 100 valence electrons. The number of amides is 1. The molecule has 2 unspecified atom stereocenters. The van der Waals surface area contributed by atoms with Crippen molar-refractivity contribution in [1.29, 1.82) is 10.5 Å². The van der Waals surface area contributed by atoms with Gasteiger partial charge in [-0.1, -0.05) is 26.0 Å². The maximum atomic E-state index is 12.8. The van der Waals surface area contributed by atoms with Gasteiger partial charge in [0.2, 0.25) is 5.91 Å². The average molecular weight is 257 g/mol. The SMILES string of the molecule is C=C1C2(C(=O)N(CC#N)CC#N)CCC(C2)C1(C)C. The molecule has 0 aromatic rings. The molecule has 2 rings (SSSR count). The summed E-state index contributed by atoms with van der Waals surface area (Å²) in [5.74, 6) is 0.420. The molecule has 0 aromatic carbocycles. The summed E-state index contributed by atoms with van der Waals surface area (Å²) < 4.78 is 0. The number of rotatable bonds is 3. The quantitative estimate of drug-likeness (QED) is 0.575. The maximum Gasteiger partial charge on any atom is 0.234 e. The van der Waals surface area contributed by atoms with Crippen molar-refractivity contribution in [3.8, 4) is 12.1 Å². The fourth-order valence-corrected chi connectivity index (χ4v) is 3.79. The van der Waals surface area contributed by atoms with Crippen LogP contribution in [0.15, 0.2) is 12.2 Å². The molecule has 2 fully saturated rings. The van der Waals surface area contributed by atoms with E-state index in [-0.39, 0.29) is 24.4 Å². The predicted octanol–water partition coefficient (Wildman–Crippen LogP) is 2.24. The van der Waals surface area contributed by atoms with Gasteiger partial charge in [0.1, 0.15) is 13.1 Å². The van der Waals surface area contributed by atoms with Crippen LogP contribution in [-0.2, 0) is 4.79 Å². The standard InChI is InChI=1S/C15H19N3O/c1-11-14(2,3)12-4-5-15(11,10-12)13(19)18(8-6-16)9-7-17/h12H,1,4-5,8-10H2,2-3H3. The van der Waals surface area contributed by atoms with Crippen LogP contribution >= 0.6 is 0 Å². The fourth-order valence-electron chi connectivity index (χ4n) is 3.79. The Morgan fingerprint density at radius 3 is 2.42 bits per heavy atom. The first-order valence-electron chi connectivity index (χ1n) is 6.63. The Morgan fingerprint density at radius 1 is 1.42 bits per heavy atom. The molecule has 0 aromatic heterocycles. The summed E-state index contributed by atoms with van der Waals surface area (Å²) >= 11 is 0. The molecule has 2 atom stereocenters. The van der Waals surface area contributed by atoms with Gasteiger partial charge in [-0.05, 0) is 30.6 Å². The second-order valence-corrected chi connectivity index (χ2v) is 6.20. The third-order valence-corrected chi connectivity index (χ3v) is 5.11. The second-order valence-electron chi connectivity index (χ2n) is 6.20. The van der Waals surface area contributed by atoms with E-state index in [1.54, 1.807) is 0 Å². The van der Waals surface area contributed by atoms with E-state index in [1.165, 1.54) is 4.90 Å². The van der Waals surface area contributed by atoms with Crippen molar-refractivity contribution in [3.63, 3.8) is 0 Å². The van der Waals surface area contributed by atoms with Gasteiger partial charge >= 0.3 is 0 Å². The van der Waals surface area contributed by atoms with Crippen LogP contribution in [0.2, 0.25) is 0 Å². The molecular formula is C15H19N3O. The van der Waals surface area contributed by atoms with Crippen molar-refractivity contribution in [1.82, 2.24) is 4.90 Å². The van der Waals surface area contributed by atoms with Gasteiger partial charge in [0.05, 0.1) is 17.6 Å². The van der Waals surface area contributed by atoms with Crippen molar-refractivity contribution in [2.75, 3.05) is 13.1 Å². The molecule has 2 bridgehead atoms. The molecule has 2 aliphatic carbocycles. The highest BCUT2D eigenvalue weighted by Gasteiger charge is 2.61. The molecule has 0 saturated heterocycles. The lowest BCUT2D eigenvalue weighted by Gasteiger charge is -2.38. The van der Waals surface area contributed by atoms with Gasteiger partial charge < -0.3 is 4.90 Å². The minimum atomic E-state index is -0.526. The van der Waals surface area contributed by atoms with Crippen molar-refractivity contribution in [2.24, 2.45) is 16.7 Å². The smallest absolute Gasteiger partial charge is 0.234 e. The minimum absolute atomic E-state index is 0.0150. The van der Waals surface area contributed by atoms with Crippen LogP contribution in [0.1, 0.15) is 33.1 Å². The molecule has 4 nitrogen and oxygen atoms in total. The highest BCUT2D eigenvalue weighted by atomic mass is 16.2. The van der Waals surface area contributed by atoms with E-state index >= 15 is 0 Å². The van der Waals surface area contributed by atoms with Gasteiger partial charge in [-0.25, -0.2) is 0 Å². The van der Waals surface area contributed by atoms with Crippen molar-refractivity contribution in [3.05, 3.63) is 12.2 Å². The summed E-state index contributed by atoms with van der Waals surface area (Å²) in [5.41, 5.74) is 0.447. The molecule has 0 spiro atoms. The van der Waals surface area contributed by atoms with Gasteiger partial charge in [0.15, 0.2) is 0 Å². The molecule has 0 radical (unpaired) electrons. The number of nitrogens with zero attached hydrogens (tertiary/aromatic N) is 3. The van der Waals surface area contributed by atoms with Crippen molar-refractivity contribution >= 4 is 5.91 Å². The van der Waals surface area contributed by atoms with E-state index in [0.717, 1.165) is 24.8 Å². The Morgan fingerprint density at radius 2 is 2.00 bits per heavy atom. The summed E-state index contributed by atoms with van der Waals surface area (Å²) in [4.78, 5) is 14.1. The Bertz CT molecular complexity index is 492. The molecule has 19 heavy (non-hydrogen) atoms. The summed E-state index contributed by atoms with van der Waals surface area (Å²) in [6, 6.07) is 3.94. The zero-order chi connectivity index (χ0) is 14.3. The van der Waals surface area contributed by atoms with Crippen LogP contribution in [-0.4, -0.2) is 23.9 Å². The third kappa shape index (κ3) is 1.75. The van der Waals surface area contributed by atoms with E-state index in [2.05, 4.69) is 20.4 Å². The normalized spacial score (nSPS) is 30.7. The van der Waals surface area contributed by atoms with Crippen LogP contribution < -0.4 is 0 Å².